The molecule has 8 nitrogen and oxygen atoms in total. The van der Waals surface area contributed by atoms with Gasteiger partial charge >= 0.3 is 12.3 Å². The molecule has 2 aliphatic rings. The molecule has 3 aromatic rings. The highest BCUT2D eigenvalue weighted by Gasteiger charge is 2.36. The number of nitrogens with one attached hydrogen (secondary N) is 1. The fraction of sp³-hybridized carbons (Fsp3) is 0.348. The van der Waals surface area contributed by atoms with Gasteiger partial charge in [-0.05, 0) is 49.1 Å². The Bertz CT molecular complexity index is 1260. The zero-order chi connectivity index (χ0) is 24.0. The highest BCUT2D eigenvalue weighted by molar-refractivity contribution is 5.90. The first-order chi connectivity index (χ1) is 16.2. The van der Waals surface area contributed by atoms with Gasteiger partial charge < -0.3 is 19.0 Å². The van der Waals surface area contributed by atoms with Crippen molar-refractivity contribution in [3.05, 3.63) is 47.4 Å². The van der Waals surface area contributed by atoms with Crippen LogP contribution in [-0.2, 0) is 28.5 Å². The predicted octanol–water partition coefficient (Wildman–Crippen LogP) is 4.57. The van der Waals surface area contributed by atoms with E-state index in [1.165, 1.54) is 11.8 Å². The molecule has 0 spiro atoms. The summed E-state index contributed by atoms with van der Waals surface area (Å²) in [6.45, 7) is 1.93. The maximum Gasteiger partial charge on any atom is 0.449 e. The Morgan fingerprint density at radius 1 is 1.26 bits per heavy atom. The van der Waals surface area contributed by atoms with Gasteiger partial charge in [0.1, 0.15) is 18.1 Å². The van der Waals surface area contributed by atoms with Crippen LogP contribution in [-0.4, -0.2) is 36.4 Å². The van der Waals surface area contributed by atoms with Crippen molar-refractivity contribution in [3.63, 3.8) is 0 Å². The summed E-state index contributed by atoms with van der Waals surface area (Å²) in [6, 6.07) is 6.38. The highest BCUT2D eigenvalue weighted by atomic mass is 19.4. The minimum Gasteiger partial charge on any atom is -0.459 e. The molecular formula is C23H20F3N3O5. The average Bonchev–Trinajstić information content (AvgIpc) is 3.48. The van der Waals surface area contributed by atoms with Gasteiger partial charge in [-0.25, -0.2) is 4.79 Å². The third-order valence-corrected chi connectivity index (χ3v) is 5.91. The maximum atomic E-state index is 12.9. The Kier molecular flexibility index (Phi) is 5.34. The Morgan fingerprint density at radius 3 is 2.82 bits per heavy atom. The second kappa shape index (κ2) is 8.23. The zero-order valence-electron chi connectivity index (χ0n) is 18.1. The first kappa shape index (κ1) is 22.1. The second-order valence-corrected chi connectivity index (χ2v) is 8.28. The number of aromatic nitrogens is 1. The van der Waals surface area contributed by atoms with E-state index in [1.807, 2.05) is 12.1 Å². The number of furan rings is 1. The van der Waals surface area contributed by atoms with Gasteiger partial charge in [0.2, 0.25) is 11.7 Å². The third kappa shape index (κ3) is 4.02. The summed E-state index contributed by atoms with van der Waals surface area (Å²) in [5, 5.41) is 6.68. The predicted molar refractivity (Wildman–Crippen MR) is 113 cm³/mol. The van der Waals surface area contributed by atoms with Crippen molar-refractivity contribution in [3.8, 4) is 22.6 Å². The standard InChI is InChI=1S/C23H20F3N3O5/c1-12(30)27-9-16-10-29(22(31)33-16)15-5-6-17-13(7-15)3-2-4-18-20(28-34-21(17)18)14-8-19(32-11-14)23(24,25)26/h5-8,11,16H,2-4,9-10H2,1H3,(H,27,30)/t16-/m0/s1. The number of nitrogens with zero attached hydrogens (tertiary/aromatic N) is 2. The number of aryl methyl sites for hydroxylation is 1. The van der Waals surface area contributed by atoms with Crippen LogP contribution in [0.3, 0.4) is 0 Å². The molecule has 1 saturated heterocycles. The highest BCUT2D eigenvalue weighted by Crippen LogP contribution is 2.41. The molecule has 3 heterocycles. The monoisotopic (exact) mass is 475 g/mol. The van der Waals surface area contributed by atoms with Crippen LogP contribution < -0.4 is 10.2 Å². The number of benzene rings is 1. The van der Waals surface area contributed by atoms with Crippen LogP contribution in [0.5, 0.6) is 0 Å². The SMILES string of the molecule is CC(=O)NC[C@H]1CN(c2ccc3c(c2)CCCc2c(-c4coc(C(F)(F)F)c4)noc2-3)C(=O)O1. The topological polar surface area (TPSA) is 97.8 Å². The molecule has 1 N–H and O–H groups in total. The summed E-state index contributed by atoms with van der Waals surface area (Å²) in [4.78, 5) is 25.0. The van der Waals surface area contributed by atoms with Crippen molar-refractivity contribution >= 4 is 17.7 Å². The van der Waals surface area contributed by atoms with E-state index >= 15 is 0 Å². The molecule has 178 valence electrons. The van der Waals surface area contributed by atoms with Crippen LogP contribution in [0, 0.1) is 0 Å². The number of anilines is 1. The number of amides is 2. The van der Waals surface area contributed by atoms with Crippen LogP contribution >= 0.6 is 0 Å². The summed E-state index contributed by atoms with van der Waals surface area (Å²) in [5.74, 6) is -0.796. The Labute approximate surface area is 191 Å². The molecule has 0 saturated carbocycles. The molecule has 1 aliphatic heterocycles. The minimum atomic E-state index is -4.58. The summed E-state index contributed by atoms with van der Waals surface area (Å²) < 4.78 is 54.4. The summed E-state index contributed by atoms with van der Waals surface area (Å²) >= 11 is 0. The van der Waals surface area contributed by atoms with E-state index in [2.05, 4.69) is 14.9 Å². The van der Waals surface area contributed by atoms with Crippen molar-refractivity contribution < 1.29 is 36.4 Å². The van der Waals surface area contributed by atoms with Crippen molar-refractivity contribution in [1.29, 1.82) is 0 Å². The van der Waals surface area contributed by atoms with Gasteiger partial charge in [-0.15, -0.1) is 0 Å². The lowest BCUT2D eigenvalue weighted by Gasteiger charge is -2.15. The first-order valence-electron chi connectivity index (χ1n) is 10.7. The van der Waals surface area contributed by atoms with E-state index in [0.29, 0.717) is 36.5 Å². The molecule has 34 heavy (non-hydrogen) atoms. The quantitative estimate of drug-likeness (QED) is 0.594. The van der Waals surface area contributed by atoms with Crippen molar-refractivity contribution in [2.24, 2.45) is 0 Å². The minimum absolute atomic E-state index is 0.202. The van der Waals surface area contributed by atoms with E-state index in [1.54, 1.807) is 6.07 Å². The number of hydrogen-bond acceptors (Lipinski definition) is 6. The van der Waals surface area contributed by atoms with Gasteiger partial charge in [0.05, 0.1) is 13.1 Å². The molecule has 1 atom stereocenters. The lowest BCUT2D eigenvalue weighted by atomic mass is 10.0. The van der Waals surface area contributed by atoms with Crippen LogP contribution in [0.4, 0.5) is 23.7 Å². The second-order valence-electron chi connectivity index (χ2n) is 8.28. The molecule has 2 aromatic heterocycles. The molecular weight excluding hydrogens is 455 g/mol. The molecule has 2 amide bonds. The van der Waals surface area contributed by atoms with Crippen molar-refractivity contribution in [1.82, 2.24) is 10.5 Å². The number of alkyl halides is 3. The van der Waals surface area contributed by atoms with Crippen LogP contribution in [0.15, 0.2) is 39.5 Å². The van der Waals surface area contributed by atoms with E-state index in [9.17, 15) is 22.8 Å². The molecule has 1 fully saturated rings. The summed E-state index contributed by atoms with van der Waals surface area (Å²) in [7, 11) is 0. The van der Waals surface area contributed by atoms with Gasteiger partial charge in [0.25, 0.3) is 0 Å². The number of fused-ring (bicyclic) bond motifs is 3. The number of carbonyl (C=O) groups is 2. The van der Waals surface area contributed by atoms with Gasteiger partial charge in [-0.1, -0.05) is 5.16 Å². The number of ether oxygens (including phenoxy) is 1. The largest absolute Gasteiger partial charge is 0.459 e. The fourth-order valence-electron chi connectivity index (χ4n) is 4.32. The lowest BCUT2D eigenvalue weighted by Crippen LogP contribution is -2.33. The lowest BCUT2D eigenvalue weighted by molar-refractivity contribution is -0.153. The van der Waals surface area contributed by atoms with Gasteiger partial charge in [-0.2, -0.15) is 13.2 Å². The van der Waals surface area contributed by atoms with Crippen LogP contribution in [0.1, 0.15) is 30.2 Å². The Hall–Kier alpha value is -3.76. The van der Waals surface area contributed by atoms with Crippen LogP contribution in [0.25, 0.3) is 22.6 Å². The molecule has 1 aliphatic carbocycles. The van der Waals surface area contributed by atoms with E-state index in [-0.39, 0.29) is 18.0 Å². The van der Waals surface area contributed by atoms with Crippen LogP contribution in [0.2, 0.25) is 0 Å². The van der Waals surface area contributed by atoms with Gasteiger partial charge in [0, 0.05) is 29.3 Å². The number of rotatable bonds is 4. The first-order valence-corrected chi connectivity index (χ1v) is 10.7. The molecule has 0 unspecified atom stereocenters. The van der Waals surface area contributed by atoms with E-state index in [4.69, 9.17) is 9.26 Å². The van der Waals surface area contributed by atoms with E-state index < -0.39 is 24.1 Å². The molecule has 0 radical (unpaired) electrons. The smallest absolute Gasteiger partial charge is 0.449 e. The molecule has 11 heteroatoms. The van der Waals surface area contributed by atoms with E-state index in [0.717, 1.165) is 35.4 Å². The number of hydrogen-bond donors (Lipinski definition) is 1. The third-order valence-electron chi connectivity index (χ3n) is 5.91. The number of cyclic esters (lactones) is 1. The Balaban J connectivity index is 1.42. The van der Waals surface area contributed by atoms with Gasteiger partial charge in [-0.3, -0.25) is 9.69 Å². The summed E-state index contributed by atoms with van der Waals surface area (Å²) in [6.07, 6.45) is -2.52. The zero-order valence-corrected chi connectivity index (χ0v) is 18.1. The van der Waals surface area contributed by atoms with Crippen molar-refractivity contribution in [2.75, 3.05) is 18.0 Å². The number of carbonyl (C=O) groups excluding carboxylic acids is 2. The van der Waals surface area contributed by atoms with Crippen molar-refractivity contribution in [2.45, 2.75) is 38.5 Å². The fourth-order valence-corrected chi connectivity index (χ4v) is 4.32. The molecule has 0 bridgehead atoms. The number of halogens is 3. The molecule has 1 aromatic carbocycles. The Morgan fingerprint density at radius 2 is 2.09 bits per heavy atom. The molecule has 5 rings (SSSR count). The normalized spacial score (nSPS) is 17.7. The van der Waals surface area contributed by atoms with Gasteiger partial charge in [0.15, 0.2) is 5.76 Å². The summed E-state index contributed by atoms with van der Waals surface area (Å²) in [5.41, 5.74) is 3.62. The maximum absolute atomic E-state index is 12.9. The average molecular weight is 475 g/mol.